The van der Waals surface area contributed by atoms with Gasteiger partial charge in [-0.2, -0.15) is 12.6 Å². The van der Waals surface area contributed by atoms with Crippen LogP contribution in [-0.4, -0.2) is 35.2 Å². The van der Waals surface area contributed by atoms with Gasteiger partial charge in [0, 0.05) is 11.3 Å². The molecule has 6 heteroatoms. The van der Waals surface area contributed by atoms with E-state index >= 15 is 0 Å². The SMILES string of the molecule is CCNC(=O)[C@H](NC(=O)[C@@H](N)Cc1ccccc1)C(C)(C)S. The molecular weight excluding hydrogens is 298 g/mol. The van der Waals surface area contributed by atoms with Crippen molar-refractivity contribution in [3.63, 3.8) is 0 Å². The molecule has 0 unspecified atom stereocenters. The maximum Gasteiger partial charge on any atom is 0.243 e. The molecule has 0 spiro atoms. The lowest BCUT2D eigenvalue weighted by atomic mass is 10.0. The van der Waals surface area contributed by atoms with Crippen LogP contribution in [0, 0.1) is 0 Å². The van der Waals surface area contributed by atoms with E-state index in [2.05, 4.69) is 23.3 Å². The summed E-state index contributed by atoms with van der Waals surface area (Å²) in [6, 6.07) is 8.07. The number of thiol groups is 1. The second kappa shape index (κ2) is 8.19. The zero-order valence-corrected chi connectivity index (χ0v) is 14.2. The highest BCUT2D eigenvalue weighted by Crippen LogP contribution is 2.18. The van der Waals surface area contributed by atoms with Gasteiger partial charge < -0.3 is 16.4 Å². The molecular formula is C16H25N3O2S. The molecule has 0 radical (unpaired) electrons. The van der Waals surface area contributed by atoms with Crippen molar-refractivity contribution in [2.24, 2.45) is 5.73 Å². The van der Waals surface area contributed by atoms with Crippen LogP contribution >= 0.6 is 12.6 Å². The third-order valence-electron chi connectivity index (χ3n) is 3.24. The molecule has 1 rings (SSSR count). The Morgan fingerprint density at radius 2 is 1.82 bits per heavy atom. The standard InChI is InChI=1S/C16H25N3O2S/c1-4-18-15(21)13(16(2,3)22)19-14(20)12(17)10-11-8-6-5-7-9-11/h5-9,12-13,22H,4,10,17H2,1-3H3,(H,18,21)(H,19,20)/t12-,13-/m0/s1. The summed E-state index contributed by atoms with van der Waals surface area (Å²) in [4.78, 5) is 24.4. The number of hydrogen-bond donors (Lipinski definition) is 4. The summed E-state index contributed by atoms with van der Waals surface area (Å²) in [6.45, 7) is 5.87. The van der Waals surface area contributed by atoms with Gasteiger partial charge in [0.05, 0.1) is 6.04 Å². The van der Waals surface area contributed by atoms with Crippen LogP contribution in [0.2, 0.25) is 0 Å². The van der Waals surface area contributed by atoms with E-state index in [4.69, 9.17) is 5.73 Å². The van der Waals surface area contributed by atoms with Crippen molar-refractivity contribution in [3.05, 3.63) is 35.9 Å². The van der Waals surface area contributed by atoms with E-state index in [1.54, 1.807) is 13.8 Å². The van der Waals surface area contributed by atoms with E-state index in [0.29, 0.717) is 13.0 Å². The fraction of sp³-hybridized carbons (Fsp3) is 0.500. The highest BCUT2D eigenvalue weighted by atomic mass is 32.1. The zero-order valence-electron chi connectivity index (χ0n) is 13.3. The quantitative estimate of drug-likeness (QED) is 0.562. The fourth-order valence-electron chi connectivity index (χ4n) is 2.05. The molecule has 2 amide bonds. The number of rotatable bonds is 7. The van der Waals surface area contributed by atoms with Crippen LogP contribution in [0.1, 0.15) is 26.3 Å². The average Bonchev–Trinajstić information content (AvgIpc) is 2.44. The van der Waals surface area contributed by atoms with Gasteiger partial charge in [0.2, 0.25) is 11.8 Å². The molecule has 0 saturated carbocycles. The van der Waals surface area contributed by atoms with Crippen molar-refractivity contribution in [3.8, 4) is 0 Å². The lowest BCUT2D eigenvalue weighted by molar-refractivity contribution is -0.130. The Bertz CT molecular complexity index is 500. The molecule has 0 bridgehead atoms. The van der Waals surface area contributed by atoms with E-state index in [9.17, 15) is 9.59 Å². The number of hydrogen-bond acceptors (Lipinski definition) is 4. The Balaban J connectivity index is 2.72. The summed E-state index contributed by atoms with van der Waals surface area (Å²) in [5.41, 5.74) is 6.92. The summed E-state index contributed by atoms with van der Waals surface area (Å²) >= 11 is 4.41. The highest BCUT2D eigenvalue weighted by molar-refractivity contribution is 7.81. The Kier molecular flexibility index (Phi) is 6.90. The molecule has 122 valence electrons. The maximum absolute atomic E-state index is 12.3. The minimum atomic E-state index is -0.745. The summed E-state index contributed by atoms with van der Waals surface area (Å²) in [5, 5.41) is 5.41. The van der Waals surface area contributed by atoms with Gasteiger partial charge in [-0.15, -0.1) is 0 Å². The van der Waals surface area contributed by atoms with Crippen LogP contribution in [0.5, 0.6) is 0 Å². The van der Waals surface area contributed by atoms with Gasteiger partial charge >= 0.3 is 0 Å². The van der Waals surface area contributed by atoms with Gasteiger partial charge in [0.25, 0.3) is 0 Å². The molecule has 0 fully saturated rings. The predicted molar refractivity (Wildman–Crippen MR) is 91.8 cm³/mol. The predicted octanol–water partition coefficient (Wildman–Crippen LogP) is 0.886. The van der Waals surface area contributed by atoms with Crippen LogP contribution in [0.15, 0.2) is 30.3 Å². The smallest absolute Gasteiger partial charge is 0.243 e. The van der Waals surface area contributed by atoms with Crippen molar-refractivity contribution in [2.45, 2.75) is 44.0 Å². The van der Waals surface area contributed by atoms with E-state index in [1.165, 1.54) is 0 Å². The molecule has 2 atom stereocenters. The number of carbonyl (C=O) groups excluding carboxylic acids is 2. The van der Waals surface area contributed by atoms with E-state index in [-0.39, 0.29) is 11.8 Å². The van der Waals surface area contributed by atoms with Gasteiger partial charge in [-0.3, -0.25) is 9.59 Å². The first-order valence-electron chi connectivity index (χ1n) is 7.35. The Morgan fingerprint density at radius 3 is 2.32 bits per heavy atom. The zero-order chi connectivity index (χ0) is 16.8. The summed E-state index contributed by atoms with van der Waals surface area (Å²) < 4.78 is -0.693. The number of benzene rings is 1. The molecule has 1 aromatic rings. The first kappa shape index (κ1) is 18.5. The molecule has 0 aliphatic carbocycles. The number of nitrogens with one attached hydrogen (secondary N) is 2. The molecule has 0 saturated heterocycles. The molecule has 4 N–H and O–H groups in total. The second-order valence-electron chi connectivity index (χ2n) is 5.79. The molecule has 1 aromatic carbocycles. The number of nitrogens with two attached hydrogens (primary N) is 1. The Morgan fingerprint density at radius 1 is 1.23 bits per heavy atom. The van der Waals surface area contributed by atoms with Crippen LogP contribution < -0.4 is 16.4 Å². The van der Waals surface area contributed by atoms with Crippen molar-refractivity contribution < 1.29 is 9.59 Å². The number of amides is 2. The third kappa shape index (κ3) is 5.69. The Labute approximate surface area is 137 Å². The topological polar surface area (TPSA) is 84.2 Å². The minimum absolute atomic E-state index is 0.261. The fourth-order valence-corrected chi connectivity index (χ4v) is 2.23. The first-order valence-corrected chi connectivity index (χ1v) is 7.80. The summed E-state index contributed by atoms with van der Waals surface area (Å²) in [6.07, 6.45) is 0.418. The summed E-state index contributed by atoms with van der Waals surface area (Å²) in [7, 11) is 0. The lowest BCUT2D eigenvalue weighted by Crippen LogP contribution is -2.58. The number of carbonyl (C=O) groups is 2. The average molecular weight is 323 g/mol. The minimum Gasteiger partial charge on any atom is -0.355 e. The van der Waals surface area contributed by atoms with Gasteiger partial charge in [0.1, 0.15) is 6.04 Å². The van der Waals surface area contributed by atoms with Crippen molar-refractivity contribution in [2.75, 3.05) is 6.54 Å². The second-order valence-corrected chi connectivity index (χ2v) is 6.94. The Hall–Kier alpha value is -1.53. The highest BCUT2D eigenvalue weighted by Gasteiger charge is 2.34. The van der Waals surface area contributed by atoms with Gasteiger partial charge in [-0.05, 0) is 32.8 Å². The molecule has 5 nitrogen and oxygen atoms in total. The molecule has 0 heterocycles. The van der Waals surface area contributed by atoms with Gasteiger partial charge in [-0.1, -0.05) is 30.3 Å². The van der Waals surface area contributed by atoms with Crippen LogP contribution in [-0.2, 0) is 16.0 Å². The van der Waals surface area contributed by atoms with Crippen molar-refractivity contribution in [1.29, 1.82) is 0 Å². The van der Waals surface area contributed by atoms with Crippen LogP contribution in [0.25, 0.3) is 0 Å². The summed E-state index contributed by atoms with van der Waals surface area (Å²) in [5.74, 6) is -0.620. The lowest BCUT2D eigenvalue weighted by Gasteiger charge is -2.30. The van der Waals surface area contributed by atoms with Gasteiger partial charge in [0.15, 0.2) is 0 Å². The van der Waals surface area contributed by atoms with E-state index in [0.717, 1.165) is 5.56 Å². The first-order chi connectivity index (χ1) is 10.3. The molecule has 0 aliphatic heterocycles. The normalized spacial score (nSPS) is 14.0. The van der Waals surface area contributed by atoms with E-state index in [1.807, 2.05) is 37.3 Å². The molecule has 22 heavy (non-hydrogen) atoms. The maximum atomic E-state index is 12.3. The van der Waals surface area contributed by atoms with Crippen LogP contribution in [0.3, 0.4) is 0 Å². The van der Waals surface area contributed by atoms with Crippen LogP contribution in [0.4, 0.5) is 0 Å². The molecule has 0 aliphatic rings. The monoisotopic (exact) mass is 323 g/mol. The number of likely N-dealkylation sites (N-methyl/N-ethyl adjacent to an activating group) is 1. The van der Waals surface area contributed by atoms with E-state index < -0.39 is 16.8 Å². The van der Waals surface area contributed by atoms with Gasteiger partial charge in [-0.25, -0.2) is 0 Å². The van der Waals surface area contributed by atoms with Crippen molar-refractivity contribution in [1.82, 2.24) is 10.6 Å². The van der Waals surface area contributed by atoms with Crippen molar-refractivity contribution >= 4 is 24.4 Å². The third-order valence-corrected chi connectivity index (χ3v) is 3.50. The largest absolute Gasteiger partial charge is 0.355 e. The molecule has 0 aromatic heterocycles.